The number of nitrogens with zero attached hydrogens (tertiary/aromatic N) is 4. The number of hydrogen-bond donors (Lipinski definition) is 0. The third-order valence-corrected chi connectivity index (χ3v) is 3.42. The van der Waals surface area contributed by atoms with Crippen LogP contribution in [0, 0.1) is 0 Å². The second-order valence-electron chi connectivity index (χ2n) is 3.86. The van der Waals surface area contributed by atoms with Gasteiger partial charge in [0.25, 0.3) is 0 Å². The van der Waals surface area contributed by atoms with Crippen LogP contribution < -0.4 is 9.47 Å². The first-order valence-corrected chi connectivity index (χ1v) is 6.33. The molecule has 2 aromatic heterocycles. The Kier molecular flexibility index (Phi) is 2.01. The Morgan fingerprint density at radius 2 is 2.11 bits per heavy atom. The average molecular weight is 260 g/mol. The maximum absolute atomic E-state index is 5.87. The lowest BCUT2D eigenvalue weighted by Crippen LogP contribution is -2.23. The van der Waals surface area contributed by atoms with Crippen LogP contribution in [0.15, 0.2) is 29.8 Å². The van der Waals surface area contributed by atoms with E-state index in [9.17, 15) is 0 Å². The molecular formula is C11H8N4O2S. The molecule has 1 aromatic carbocycles. The van der Waals surface area contributed by atoms with Crippen LogP contribution >= 0.6 is 11.3 Å². The molecule has 0 radical (unpaired) electrons. The molecule has 6 nitrogen and oxygen atoms in total. The summed E-state index contributed by atoms with van der Waals surface area (Å²) in [6.07, 6.45) is -0.281. The normalized spacial score (nSPS) is 18.1. The Morgan fingerprint density at radius 1 is 1.22 bits per heavy atom. The minimum absolute atomic E-state index is 0.281. The van der Waals surface area contributed by atoms with E-state index in [0.29, 0.717) is 12.4 Å². The summed E-state index contributed by atoms with van der Waals surface area (Å²) in [4.78, 5) is 0.757. The Labute approximate surface area is 106 Å². The highest BCUT2D eigenvalue weighted by molar-refractivity contribution is 7.14. The smallest absolute Gasteiger partial charge is 0.234 e. The van der Waals surface area contributed by atoms with Crippen molar-refractivity contribution in [3.05, 3.63) is 35.6 Å². The van der Waals surface area contributed by atoms with Crippen molar-refractivity contribution in [2.45, 2.75) is 6.10 Å². The second kappa shape index (κ2) is 3.67. The summed E-state index contributed by atoms with van der Waals surface area (Å²) in [5.41, 5.74) is 1.73. The number of benzene rings is 1. The Balaban J connectivity index is 1.74. The van der Waals surface area contributed by atoms with E-state index < -0.39 is 0 Å². The van der Waals surface area contributed by atoms with Crippen molar-refractivity contribution in [3.63, 3.8) is 0 Å². The summed E-state index contributed by atoms with van der Waals surface area (Å²) in [6, 6.07) is 7.58. The zero-order valence-corrected chi connectivity index (χ0v) is 10.0. The highest BCUT2D eigenvalue weighted by Crippen LogP contribution is 2.35. The van der Waals surface area contributed by atoms with Gasteiger partial charge in [0, 0.05) is 0 Å². The molecule has 1 atom stereocenters. The van der Waals surface area contributed by atoms with Gasteiger partial charge in [-0.3, -0.25) is 0 Å². The van der Waals surface area contributed by atoms with Gasteiger partial charge in [0.15, 0.2) is 23.4 Å². The van der Waals surface area contributed by atoms with Crippen molar-refractivity contribution in [3.8, 4) is 11.5 Å². The highest BCUT2D eigenvalue weighted by atomic mass is 32.1. The van der Waals surface area contributed by atoms with E-state index in [1.165, 1.54) is 11.3 Å². The molecule has 0 spiro atoms. The quantitative estimate of drug-likeness (QED) is 0.666. The predicted octanol–water partition coefficient (Wildman–Crippen LogP) is 1.70. The van der Waals surface area contributed by atoms with E-state index in [4.69, 9.17) is 9.47 Å². The van der Waals surface area contributed by atoms with Crippen LogP contribution in [0.25, 0.3) is 4.96 Å². The van der Waals surface area contributed by atoms with Gasteiger partial charge < -0.3 is 9.47 Å². The van der Waals surface area contributed by atoms with Crippen LogP contribution in [0.5, 0.6) is 11.5 Å². The fourth-order valence-corrected chi connectivity index (χ4v) is 2.49. The highest BCUT2D eigenvalue weighted by Gasteiger charge is 2.27. The average Bonchev–Trinajstić information content (AvgIpc) is 3.00. The van der Waals surface area contributed by atoms with E-state index in [1.54, 1.807) is 10.0 Å². The first-order chi connectivity index (χ1) is 8.92. The largest absolute Gasteiger partial charge is 0.485 e. The predicted molar refractivity (Wildman–Crippen MR) is 64.0 cm³/mol. The van der Waals surface area contributed by atoms with Crippen molar-refractivity contribution in [1.82, 2.24) is 19.8 Å². The van der Waals surface area contributed by atoms with Crippen molar-refractivity contribution < 1.29 is 9.47 Å². The first kappa shape index (κ1) is 9.84. The molecule has 0 saturated carbocycles. The lowest BCUT2D eigenvalue weighted by molar-refractivity contribution is 0.0836. The fourth-order valence-electron chi connectivity index (χ4n) is 1.92. The summed E-state index contributed by atoms with van der Waals surface area (Å²) in [5.74, 6) is 2.15. The van der Waals surface area contributed by atoms with Crippen LogP contribution in [0.3, 0.4) is 0 Å². The lowest BCUT2D eigenvalue weighted by atomic mass is 10.2. The standard InChI is InChI=1S/C11H8N4O2S/c1-2-4-8-7(3-1)16-5-9(17-8)10-13-14-11-15(10)12-6-18-11/h1-4,6,9H,5H2. The van der Waals surface area contributed by atoms with Crippen molar-refractivity contribution in [1.29, 1.82) is 0 Å². The van der Waals surface area contributed by atoms with Crippen molar-refractivity contribution in [2.24, 2.45) is 0 Å². The lowest BCUT2D eigenvalue weighted by Gasteiger charge is -2.24. The number of aromatic nitrogens is 4. The molecular weight excluding hydrogens is 252 g/mol. The molecule has 1 aliphatic heterocycles. The number of ether oxygens (including phenoxy) is 2. The van der Waals surface area contributed by atoms with Gasteiger partial charge in [-0.2, -0.15) is 9.61 Å². The minimum Gasteiger partial charge on any atom is -0.485 e. The molecule has 4 rings (SSSR count). The molecule has 0 aliphatic carbocycles. The Bertz CT molecular complexity index is 708. The van der Waals surface area contributed by atoms with E-state index in [-0.39, 0.29) is 6.10 Å². The van der Waals surface area contributed by atoms with Crippen LogP contribution in [0.4, 0.5) is 0 Å². The Hall–Kier alpha value is -2.15. The number of rotatable bonds is 1. The maximum Gasteiger partial charge on any atom is 0.234 e. The van der Waals surface area contributed by atoms with Crippen LogP contribution in [0.2, 0.25) is 0 Å². The van der Waals surface area contributed by atoms with Crippen LogP contribution in [0.1, 0.15) is 11.9 Å². The molecule has 3 aromatic rings. The molecule has 0 saturated heterocycles. The van der Waals surface area contributed by atoms with Crippen LogP contribution in [-0.4, -0.2) is 26.4 Å². The van der Waals surface area contributed by atoms with Gasteiger partial charge in [0.2, 0.25) is 4.96 Å². The van der Waals surface area contributed by atoms with Gasteiger partial charge in [-0.05, 0) is 12.1 Å². The van der Waals surface area contributed by atoms with Gasteiger partial charge in [-0.1, -0.05) is 23.5 Å². The summed E-state index contributed by atoms with van der Waals surface area (Å²) < 4.78 is 13.2. The van der Waals surface area contributed by atoms with Gasteiger partial charge in [-0.15, -0.1) is 10.2 Å². The number of hydrogen-bond acceptors (Lipinski definition) is 6. The zero-order chi connectivity index (χ0) is 11.9. The van der Waals surface area contributed by atoms with Gasteiger partial charge in [-0.25, -0.2) is 0 Å². The molecule has 3 heterocycles. The maximum atomic E-state index is 5.87. The summed E-state index contributed by atoms with van der Waals surface area (Å²) in [6.45, 7) is 0.412. The first-order valence-electron chi connectivity index (χ1n) is 5.45. The van der Waals surface area contributed by atoms with Gasteiger partial charge >= 0.3 is 0 Å². The van der Waals surface area contributed by atoms with Crippen molar-refractivity contribution in [2.75, 3.05) is 6.61 Å². The molecule has 0 amide bonds. The van der Waals surface area contributed by atoms with E-state index >= 15 is 0 Å². The molecule has 1 unspecified atom stereocenters. The van der Waals surface area contributed by atoms with Gasteiger partial charge in [0.05, 0.1) is 0 Å². The molecule has 7 heteroatoms. The molecule has 0 bridgehead atoms. The number of para-hydroxylation sites is 2. The molecule has 0 N–H and O–H groups in total. The topological polar surface area (TPSA) is 61.5 Å². The zero-order valence-electron chi connectivity index (χ0n) is 9.18. The third kappa shape index (κ3) is 1.37. The molecule has 18 heavy (non-hydrogen) atoms. The number of fused-ring (bicyclic) bond motifs is 2. The van der Waals surface area contributed by atoms with Crippen LogP contribution in [-0.2, 0) is 0 Å². The molecule has 1 aliphatic rings. The van der Waals surface area contributed by atoms with Crippen molar-refractivity contribution >= 4 is 16.3 Å². The summed E-state index contributed by atoms with van der Waals surface area (Å²) in [7, 11) is 0. The summed E-state index contributed by atoms with van der Waals surface area (Å²) >= 11 is 1.44. The third-order valence-electron chi connectivity index (χ3n) is 2.75. The fraction of sp³-hybridized carbons (Fsp3) is 0.182. The summed E-state index contributed by atoms with van der Waals surface area (Å²) in [5, 5.41) is 12.3. The molecule has 0 fully saturated rings. The van der Waals surface area contributed by atoms with E-state index in [1.807, 2.05) is 24.3 Å². The Morgan fingerprint density at radius 3 is 3.06 bits per heavy atom. The van der Waals surface area contributed by atoms with E-state index in [2.05, 4.69) is 15.3 Å². The molecule has 90 valence electrons. The van der Waals surface area contributed by atoms with E-state index in [0.717, 1.165) is 16.5 Å². The minimum atomic E-state index is -0.281. The second-order valence-corrected chi connectivity index (χ2v) is 4.67. The monoisotopic (exact) mass is 260 g/mol. The van der Waals surface area contributed by atoms with Gasteiger partial charge in [0.1, 0.15) is 12.1 Å². The SMILES string of the molecule is c1ccc2c(c1)OCC(c1nnc3scnn13)O2.